The molecule has 2 aliphatic carbocycles. The van der Waals surface area contributed by atoms with E-state index in [1.807, 2.05) is 7.05 Å². The lowest BCUT2D eigenvalue weighted by Gasteiger charge is -2.26. The number of anilines is 1. The molecule has 0 bridgehead atoms. The molecule has 0 radical (unpaired) electrons. The number of amides is 1. The number of aliphatic hydroxyl groups is 1. The van der Waals surface area contributed by atoms with Gasteiger partial charge in [0.25, 0.3) is 5.91 Å². The van der Waals surface area contributed by atoms with E-state index >= 15 is 0 Å². The third-order valence-electron chi connectivity index (χ3n) is 5.80. The van der Waals surface area contributed by atoms with Gasteiger partial charge in [-0.05, 0) is 46.0 Å². The first-order valence-electron chi connectivity index (χ1n) is 8.80. The lowest BCUT2D eigenvalue weighted by atomic mass is 10.1. The molecule has 2 aromatic rings. The molecule has 1 amide bonds. The third kappa shape index (κ3) is 2.66. The predicted molar refractivity (Wildman–Crippen MR) is 93.7 cm³/mol. The van der Waals surface area contributed by atoms with Crippen LogP contribution in [0.1, 0.15) is 55.1 Å². The van der Waals surface area contributed by atoms with Gasteiger partial charge in [-0.2, -0.15) is 0 Å². The maximum absolute atomic E-state index is 13.0. The van der Waals surface area contributed by atoms with E-state index in [0.717, 1.165) is 31.5 Å². The molecule has 2 fully saturated rings. The molecular weight excluding hydrogens is 320 g/mol. The van der Waals surface area contributed by atoms with Gasteiger partial charge >= 0.3 is 0 Å². The summed E-state index contributed by atoms with van der Waals surface area (Å²) in [5.74, 6) is 1.11. The molecule has 2 heterocycles. The number of nitrogens with one attached hydrogen (secondary N) is 1. The number of fused-ring (bicyclic) bond motifs is 1. The molecule has 2 N–H and O–H groups in total. The Kier molecular flexibility index (Phi) is 3.54. The summed E-state index contributed by atoms with van der Waals surface area (Å²) in [7, 11) is 2.01. The minimum atomic E-state index is -0.272. The van der Waals surface area contributed by atoms with Gasteiger partial charge in [0.15, 0.2) is 0 Å². The van der Waals surface area contributed by atoms with Gasteiger partial charge < -0.3 is 19.7 Å². The lowest BCUT2D eigenvalue weighted by molar-refractivity contribution is 0.0923. The smallest absolute Gasteiger partial charge is 0.256 e. The second-order valence-electron chi connectivity index (χ2n) is 7.67. The van der Waals surface area contributed by atoms with Crippen molar-refractivity contribution < 1.29 is 14.3 Å². The van der Waals surface area contributed by atoms with Crippen molar-refractivity contribution in [2.24, 2.45) is 0 Å². The van der Waals surface area contributed by atoms with Gasteiger partial charge in [-0.3, -0.25) is 4.79 Å². The molecule has 7 heteroatoms. The standard InChI is InChI=1S/C18H24N4O3/c1-11-12(15(24)21-18(6-7-18)8-9-23)13-14(19-10-20-16(13)25-11)22(3)17(2)4-5-17/h10,23H,4-9H2,1-3H3,(H,21,24). The summed E-state index contributed by atoms with van der Waals surface area (Å²) in [6.45, 7) is 4.04. The lowest BCUT2D eigenvalue weighted by Crippen LogP contribution is -2.38. The summed E-state index contributed by atoms with van der Waals surface area (Å²) in [4.78, 5) is 23.8. The fourth-order valence-electron chi connectivity index (χ4n) is 3.43. The van der Waals surface area contributed by atoms with Crippen LogP contribution in [0.3, 0.4) is 0 Å². The van der Waals surface area contributed by atoms with Crippen molar-refractivity contribution in [3.8, 4) is 0 Å². The highest BCUT2D eigenvalue weighted by Gasteiger charge is 2.45. The van der Waals surface area contributed by atoms with Gasteiger partial charge in [0.2, 0.25) is 5.71 Å². The fraction of sp³-hybridized carbons (Fsp3) is 0.611. The zero-order valence-corrected chi connectivity index (χ0v) is 14.9. The normalized spacial score (nSPS) is 19.7. The Morgan fingerprint density at radius 2 is 2.08 bits per heavy atom. The Labute approximate surface area is 146 Å². The van der Waals surface area contributed by atoms with Gasteiger partial charge in [-0.25, -0.2) is 9.97 Å². The fourth-order valence-corrected chi connectivity index (χ4v) is 3.43. The summed E-state index contributed by atoms with van der Waals surface area (Å²) in [5, 5.41) is 13.0. The van der Waals surface area contributed by atoms with Crippen molar-refractivity contribution in [2.45, 2.75) is 57.0 Å². The number of nitrogens with zero attached hydrogens (tertiary/aromatic N) is 3. The van der Waals surface area contributed by atoms with Crippen molar-refractivity contribution in [3.05, 3.63) is 17.7 Å². The molecule has 2 aliphatic rings. The number of carbonyl (C=O) groups excluding carboxylic acids is 1. The summed E-state index contributed by atoms with van der Waals surface area (Å²) in [6.07, 6.45) is 6.07. The van der Waals surface area contributed by atoms with E-state index in [-0.39, 0.29) is 23.6 Å². The molecule has 0 unspecified atom stereocenters. The molecule has 0 aliphatic heterocycles. The molecule has 134 valence electrons. The summed E-state index contributed by atoms with van der Waals surface area (Å²) in [6, 6.07) is 0. The van der Waals surface area contributed by atoms with E-state index in [2.05, 4.69) is 27.1 Å². The van der Waals surface area contributed by atoms with Crippen LogP contribution in [-0.4, -0.2) is 45.7 Å². The number of aliphatic hydroxyl groups excluding tert-OH is 1. The van der Waals surface area contributed by atoms with E-state index in [1.54, 1.807) is 6.92 Å². The molecule has 0 aromatic carbocycles. The van der Waals surface area contributed by atoms with E-state index in [4.69, 9.17) is 4.42 Å². The maximum Gasteiger partial charge on any atom is 0.256 e. The highest BCUT2D eigenvalue weighted by Crippen LogP contribution is 2.45. The summed E-state index contributed by atoms with van der Waals surface area (Å²) < 4.78 is 5.75. The van der Waals surface area contributed by atoms with Crippen LogP contribution in [0.2, 0.25) is 0 Å². The monoisotopic (exact) mass is 344 g/mol. The third-order valence-corrected chi connectivity index (χ3v) is 5.80. The van der Waals surface area contributed by atoms with E-state index in [9.17, 15) is 9.90 Å². The van der Waals surface area contributed by atoms with Crippen LogP contribution in [0.25, 0.3) is 11.1 Å². The Morgan fingerprint density at radius 3 is 2.68 bits per heavy atom. The maximum atomic E-state index is 13.0. The molecule has 7 nitrogen and oxygen atoms in total. The van der Waals surface area contributed by atoms with Crippen molar-refractivity contribution in [3.63, 3.8) is 0 Å². The number of rotatable bonds is 6. The van der Waals surface area contributed by atoms with Crippen molar-refractivity contribution in [1.29, 1.82) is 0 Å². The number of furan rings is 1. The van der Waals surface area contributed by atoms with Crippen LogP contribution in [0.5, 0.6) is 0 Å². The summed E-state index contributed by atoms with van der Waals surface area (Å²) in [5.41, 5.74) is 0.752. The van der Waals surface area contributed by atoms with Crippen molar-refractivity contribution in [1.82, 2.24) is 15.3 Å². The molecule has 2 saturated carbocycles. The zero-order valence-electron chi connectivity index (χ0n) is 14.9. The van der Waals surface area contributed by atoms with Crippen LogP contribution in [0, 0.1) is 6.92 Å². The van der Waals surface area contributed by atoms with E-state index in [1.165, 1.54) is 6.33 Å². The Bertz CT molecular complexity index is 836. The van der Waals surface area contributed by atoms with Crippen LogP contribution >= 0.6 is 0 Å². The minimum Gasteiger partial charge on any atom is -0.442 e. The Morgan fingerprint density at radius 1 is 1.36 bits per heavy atom. The first-order valence-corrected chi connectivity index (χ1v) is 8.80. The average Bonchev–Trinajstić information content (AvgIpc) is 3.46. The molecule has 4 rings (SSSR count). The van der Waals surface area contributed by atoms with E-state index in [0.29, 0.717) is 28.8 Å². The van der Waals surface area contributed by atoms with Gasteiger partial charge in [0.05, 0.1) is 10.9 Å². The van der Waals surface area contributed by atoms with Gasteiger partial charge in [0, 0.05) is 24.7 Å². The van der Waals surface area contributed by atoms with Gasteiger partial charge in [-0.1, -0.05) is 0 Å². The average molecular weight is 344 g/mol. The molecule has 2 aromatic heterocycles. The molecule has 0 saturated heterocycles. The number of hydrogen-bond acceptors (Lipinski definition) is 6. The second kappa shape index (κ2) is 5.42. The molecule has 0 spiro atoms. The summed E-state index contributed by atoms with van der Waals surface area (Å²) >= 11 is 0. The predicted octanol–water partition coefficient (Wildman–Crippen LogP) is 2.16. The van der Waals surface area contributed by atoms with E-state index < -0.39 is 0 Å². The van der Waals surface area contributed by atoms with Crippen LogP contribution < -0.4 is 10.2 Å². The molecular formula is C18H24N4O3. The van der Waals surface area contributed by atoms with Crippen LogP contribution in [0.15, 0.2) is 10.7 Å². The first-order chi connectivity index (χ1) is 11.9. The largest absolute Gasteiger partial charge is 0.442 e. The van der Waals surface area contributed by atoms with Crippen LogP contribution in [-0.2, 0) is 0 Å². The SMILES string of the molecule is Cc1oc2ncnc(N(C)C3(C)CC3)c2c1C(=O)NC1(CCO)CC1. The molecule has 25 heavy (non-hydrogen) atoms. The quantitative estimate of drug-likeness (QED) is 0.834. The van der Waals surface area contributed by atoms with Crippen LogP contribution in [0.4, 0.5) is 5.82 Å². The number of aromatic nitrogens is 2. The first kappa shape index (κ1) is 16.3. The number of carbonyl (C=O) groups is 1. The zero-order chi connectivity index (χ0) is 17.8. The van der Waals surface area contributed by atoms with Gasteiger partial charge in [-0.15, -0.1) is 0 Å². The number of hydrogen-bond donors (Lipinski definition) is 2. The minimum absolute atomic E-state index is 0.0703. The highest BCUT2D eigenvalue weighted by molar-refractivity contribution is 6.10. The Balaban J connectivity index is 1.75. The molecule has 0 atom stereocenters. The second-order valence-corrected chi connectivity index (χ2v) is 7.67. The Hall–Kier alpha value is -2.15. The van der Waals surface area contributed by atoms with Crippen molar-refractivity contribution in [2.75, 3.05) is 18.6 Å². The van der Waals surface area contributed by atoms with Crippen molar-refractivity contribution >= 4 is 22.8 Å². The van der Waals surface area contributed by atoms with Gasteiger partial charge in [0.1, 0.15) is 17.9 Å². The topological polar surface area (TPSA) is 91.5 Å². The highest BCUT2D eigenvalue weighted by atomic mass is 16.3. The number of aryl methyl sites for hydroxylation is 1.